The van der Waals surface area contributed by atoms with E-state index in [0.717, 1.165) is 6.54 Å². The molecule has 0 aliphatic carbocycles. The van der Waals surface area contributed by atoms with Crippen LogP contribution in [0.3, 0.4) is 0 Å². The number of rotatable bonds is 2. The maximum Gasteiger partial charge on any atom is 0.000594 e. The SMILES string of the molecule is CS(C)(I)CCN. The molecule has 0 aromatic heterocycles. The Hall–Kier alpha value is 1.04. The summed E-state index contributed by atoms with van der Waals surface area (Å²) in [5, 5.41) is 0. The van der Waals surface area contributed by atoms with Gasteiger partial charge in [-0.1, -0.05) is 0 Å². The highest BCUT2D eigenvalue weighted by Gasteiger charge is 2.01. The second-order valence-electron chi connectivity index (χ2n) is 1.90. The first-order valence-electron chi connectivity index (χ1n) is 2.17. The van der Waals surface area contributed by atoms with Crippen molar-refractivity contribution in [3.05, 3.63) is 0 Å². The minimum atomic E-state index is -0.329. The summed E-state index contributed by atoms with van der Waals surface area (Å²) in [6.45, 7) is 0.839. The maximum absolute atomic E-state index is 5.33. The van der Waals surface area contributed by atoms with Crippen molar-refractivity contribution in [1.29, 1.82) is 0 Å². The van der Waals surface area contributed by atoms with Crippen LogP contribution in [0.4, 0.5) is 0 Å². The van der Waals surface area contributed by atoms with Crippen molar-refractivity contribution in [2.24, 2.45) is 5.73 Å². The van der Waals surface area contributed by atoms with Crippen LogP contribution >= 0.6 is 28.4 Å². The lowest BCUT2D eigenvalue weighted by atomic mass is 10.8. The molecule has 0 spiro atoms. The highest BCUT2D eigenvalue weighted by Crippen LogP contribution is 2.47. The van der Waals surface area contributed by atoms with Crippen molar-refractivity contribution in [2.45, 2.75) is 0 Å². The standard InChI is InChI=1S/C4H12INS/c1-7(2,5)4-3-6/h3-4,6H2,1-2H3. The Kier molecular flexibility index (Phi) is 3.61. The molecule has 0 rings (SSSR count). The van der Waals surface area contributed by atoms with Gasteiger partial charge in [-0.2, -0.15) is 7.20 Å². The molecule has 0 atom stereocenters. The van der Waals surface area contributed by atoms with Gasteiger partial charge >= 0.3 is 0 Å². The molecule has 0 heterocycles. The average molecular weight is 233 g/mol. The summed E-state index contributed by atoms with van der Waals surface area (Å²) >= 11 is 2.48. The lowest BCUT2D eigenvalue weighted by Crippen LogP contribution is -2.07. The van der Waals surface area contributed by atoms with Gasteiger partial charge < -0.3 is 5.73 Å². The van der Waals surface area contributed by atoms with E-state index in [4.69, 9.17) is 5.73 Å². The van der Waals surface area contributed by atoms with Gasteiger partial charge in [0.05, 0.1) is 0 Å². The third kappa shape index (κ3) is 7.04. The fourth-order valence-corrected chi connectivity index (χ4v) is 1.60. The van der Waals surface area contributed by atoms with Crippen LogP contribution in [-0.2, 0) is 0 Å². The molecule has 2 N–H and O–H groups in total. The zero-order valence-electron chi connectivity index (χ0n) is 4.78. The second-order valence-corrected chi connectivity index (χ2v) is 12.3. The van der Waals surface area contributed by atoms with Gasteiger partial charge in [0.25, 0.3) is 0 Å². The highest BCUT2D eigenvalue weighted by molar-refractivity contribution is 14.2. The minimum Gasteiger partial charge on any atom is -0.330 e. The molecular weight excluding hydrogens is 221 g/mol. The van der Waals surface area contributed by atoms with Crippen LogP contribution in [0.2, 0.25) is 0 Å². The smallest absolute Gasteiger partial charge is 0.000594 e. The monoisotopic (exact) mass is 233 g/mol. The van der Waals surface area contributed by atoms with E-state index in [1.54, 1.807) is 0 Å². The van der Waals surface area contributed by atoms with Gasteiger partial charge in [0.15, 0.2) is 0 Å². The maximum atomic E-state index is 5.33. The summed E-state index contributed by atoms with van der Waals surface area (Å²) in [7, 11) is -0.329. The van der Waals surface area contributed by atoms with Crippen LogP contribution in [0, 0.1) is 0 Å². The van der Waals surface area contributed by atoms with E-state index in [-0.39, 0.29) is 7.20 Å². The van der Waals surface area contributed by atoms with Crippen molar-refractivity contribution in [3.63, 3.8) is 0 Å². The lowest BCUT2D eigenvalue weighted by Gasteiger charge is -2.20. The molecule has 1 nitrogen and oxygen atoms in total. The van der Waals surface area contributed by atoms with Gasteiger partial charge in [-0.25, -0.2) is 0 Å². The molecule has 0 fully saturated rings. The lowest BCUT2D eigenvalue weighted by molar-refractivity contribution is 1.15. The fourth-order valence-electron chi connectivity index (χ4n) is 0.280. The van der Waals surface area contributed by atoms with Gasteiger partial charge in [0.1, 0.15) is 0 Å². The van der Waals surface area contributed by atoms with E-state index in [0.29, 0.717) is 0 Å². The molecule has 0 saturated carbocycles. The first-order chi connectivity index (χ1) is 3.06. The highest BCUT2D eigenvalue weighted by atomic mass is 127. The second kappa shape index (κ2) is 3.14. The van der Waals surface area contributed by atoms with Crippen molar-refractivity contribution >= 4 is 28.4 Å². The summed E-state index contributed by atoms with van der Waals surface area (Å²) < 4.78 is 0. The summed E-state index contributed by atoms with van der Waals surface area (Å²) in [6, 6.07) is 0. The van der Waals surface area contributed by atoms with Crippen LogP contribution < -0.4 is 5.73 Å². The van der Waals surface area contributed by atoms with Gasteiger partial charge in [-0.15, -0.1) is 0 Å². The number of halogens is 1. The van der Waals surface area contributed by atoms with Crippen LogP contribution in [-0.4, -0.2) is 24.8 Å². The van der Waals surface area contributed by atoms with Crippen LogP contribution in [0.1, 0.15) is 0 Å². The minimum absolute atomic E-state index is 0.329. The van der Waals surface area contributed by atoms with E-state index in [9.17, 15) is 0 Å². The molecule has 0 aromatic carbocycles. The van der Waals surface area contributed by atoms with Crippen molar-refractivity contribution in [2.75, 3.05) is 24.8 Å². The third-order valence-electron chi connectivity index (χ3n) is 0.603. The summed E-state index contributed by atoms with van der Waals surface area (Å²) in [6.07, 6.45) is 4.53. The Labute approximate surface area is 58.9 Å². The van der Waals surface area contributed by atoms with Crippen LogP contribution in [0.15, 0.2) is 0 Å². The molecule has 46 valence electrons. The van der Waals surface area contributed by atoms with Gasteiger partial charge in [-0.05, 0) is 39.5 Å². The summed E-state index contributed by atoms with van der Waals surface area (Å²) in [4.78, 5) is 0. The molecule has 0 bridgehead atoms. The molecule has 0 aliphatic rings. The molecule has 0 amide bonds. The molecule has 7 heavy (non-hydrogen) atoms. The molecule has 0 aliphatic heterocycles. The van der Waals surface area contributed by atoms with E-state index in [1.165, 1.54) is 5.75 Å². The number of hydrogen-bond donors (Lipinski definition) is 1. The van der Waals surface area contributed by atoms with Crippen LogP contribution in [0.25, 0.3) is 0 Å². The van der Waals surface area contributed by atoms with Crippen molar-refractivity contribution < 1.29 is 0 Å². The van der Waals surface area contributed by atoms with Crippen molar-refractivity contribution in [1.82, 2.24) is 0 Å². The predicted octanol–water partition coefficient (Wildman–Crippen LogP) is 1.36. The van der Waals surface area contributed by atoms with E-state index in [2.05, 4.69) is 33.7 Å². The Morgan fingerprint density at radius 2 is 2.00 bits per heavy atom. The molecule has 0 radical (unpaired) electrons. The van der Waals surface area contributed by atoms with Crippen LogP contribution in [0.5, 0.6) is 0 Å². The first kappa shape index (κ1) is 8.04. The van der Waals surface area contributed by atoms with Gasteiger partial charge in [0.2, 0.25) is 0 Å². The van der Waals surface area contributed by atoms with Crippen molar-refractivity contribution in [3.8, 4) is 0 Å². The third-order valence-corrected chi connectivity index (χ3v) is 3.13. The van der Waals surface area contributed by atoms with Gasteiger partial charge in [-0.3, -0.25) is 0 Å². The summed E-state index contributed by atoms with van der Waals surface area (Å²) in [5.41, 5.74) is 5.33. The van der Waals surface area contributed by atoms with E-state index in [1.807, 2.05) is 0 Å². The topological polar surface area (TPSA) is 26.0 Å². The largest absolute Gasteiger partial charge is 0.330 e. The quantitative estimate of drug-likeness (QED) is 0.716. The normalized spacial score (nSPS) is 14.3. The average Bonchev–Trinajstić information content (AvgIpc) is 1.30. The Morgan fingerprint density at radius 3 is 2.00 bits per heavy atom. The molecule has 3 heteroatoms. The predicted molar refractivity (Wildman–Crippen MR) is 47.4 cm³/mol. The molecular formula is C4H12INS. The first-order valence-corrected chi connectivity index (χ1v) is 7.33. The van der Waals surface area contributed by atoms with E-state index >= 15 is 0 Å². The molecule has 0 unspecified atom stereocenters. The number of nitrogens with two attached hydrogens (primary N) is 1. The zero-order chi connectivity index (χ0) is 5.91. The Bertz CT molecular complexity index is 50.1. The fraction of sp³-hybridized carbons (Fsp3) is 1.00. The molecule has 0 aromatic rings. The Balaban J connectivity index is 3.15. The molecule has 0 saturated heterocycles. The van der Waals surface area contributed by atoms with Gasteiger partial charge in [0, 0.05) is 6.54 Å². The number of hydrogen-bond acceptors (Lipinski definition) is 1. The zero-order valence-corrected chi connectivity index (χ0v) is 7.75. The van der Waals surface area contributed by atoms with E-state index < -0.39 is 0 Å². The summed E-state index contributed by atoms with van der Waals surface area (Å²) in [5.74, 6) is 1.19. The Morgan fingerprint density at radius 1 is 1.57 bits per heavy atom.